The Morgan fingerprint density at radius 3 is 2.79 bits per heavy atom. The first-order valence-electron chi connectivity index (χ1n) is 9.14. The molecule has 1 unspecified atom stereocenters. The van der Waals surface area contributed by atoms with Gasteiger partial charge in [-0.15, -0.1) is 6.42 Å². The number of terminal acetylenes is 1. The van der Waals surface area contributed by atoms with Crippen LogP contribution in [0.15, 0.2) is 23.8 Å². The normalized spacial score (nSPS) is 52.8. The second-order valence-electron chi connectivity index (χ2n) is 8.58. The van der Waals surface area contributed by atoms with Crippen LogP contribution in [-0.2, 0) is 4.79 Å². The summed E-state index contributed by atoms with van der Waals surface area (Å²) in [7, 11) is 0. The fourth-order valence-electron chi connectivity index (χ4n) is 6.46. The summed E-state index contributed by atoms with van der Waals surface area (Å²) in [4.78, 5) is 11.8. The van der Waals surface area contributed by atoms with E-state index in [2.05, 4.69) is 19.8 Å². The zero-order valence-electron chi connectivity index (χ0n) is 14.4. The third kappa shape index (κ3) is 1.85. The van der Waals surface area contributed by atoms with Gasteiger partial charge in [0.1, 0.15) is 5.60 Å². The predicted molar refractivity (Wildman–Crippen MR) is 91.7 cm³/mol. The molecule has 3 fully saturated rings. The van der Waals surface area contributed by atoms with Gasteiger partial charge in [0.25, 0.3) is 0 Å². The molecular weight excluding hydrogens is 300 g/mol. The average Bonchev–Trinajstić information content (AvgIpc) is 2.84. The van der Waals surface area contributed by atoms with Crippen molar-refractivity contribution in [2.75, 3.05) is 0 Å². The van der Waals surface area contributed by atoms with Gasteiger partial charge in [0.2, 0.25) is 0 Å². The van der Waals surface area contributed by atoms with E-state index in [1.165, 1.54) is 0 Å². The molecule has 24 heavy (non-hydrogen) atoms. The highest BCUT2D eigenvalue weighted by Crippen LogP contribution is 2.65. The number of hydrogen-bond donors (Lipinski definition) is 2. The fourth-order valence-corrected chi connectivity index (χ4v) is 6.46. The summed E-state index contributed by atoms with van der Waals surface area (Å²) in [6, 6.07) is 0. The van der Waals surface area contributed by atoms with Gasteiger partial charge in [-0.25, -0.2) is 0 Å². The number of hydrogen-bond acceptors (Lipinski definition) is 3. The quantitative estimate of drug-likeness (QED) is 0.673. The third-order valence-corrected chi connectivity index (χ3v) is 7.84. The summed E-state index contributed by atoms with van der Waals surface area (Å²) >= 11 is 0. The van der Waals surface area contributed by atoms with Crippen LogP contribution in [0.2, 0.25) is 0 Å². The molecule has 0 spiro atoms. The van der Waals surface area contributed by atoms with Crippen LogP contribution in [0.5, 0.6) is 0 Å². The van der Waals surface area contributed by atoms with Crippen molar-refractivity contribution in [3.63, 3.8) is 0 Å². The van der Waals surface area contributed by atoms with Crippen molar-refractivity contribution in [3.8, 4) is 12.3 Å². The highest BCUT2D eigenvalue weighted by molar-refractivity contribution is 6.01. The number of aliphatic hydroxyl groups excluding tert-OH is 1. The lowest BCUT2D eigenvalue weighted by Crippen LogP contribution is -2.56. The first-order valence-corrected chi connectivity index (χ1v) is 9.14. The Kier molecular flexibility index (Phi) is 3.40. The summed E-state index contributed by atoms with van der Waals surface area (Å²) in [6.45, 7) is 4.24. The van der Waals surface area contributed by atoms with Crippen LogP contribution < -0.4 is 0 Å². The molecule has 3 heteroatoms. The second-order valence-corrected chi connectivity index (χ2v) is 8.58. The standard InChI is InChI=1S/C21H26O3/c1-4-21(24)10-8-17-18-12(2)19(23)16-11-13(22)5-6-14(16)15(18)7-9-20(17,21)3/h1,5-6,11-12,14-15,17-19,23-24H,7-10H2,2-3H3/t12-,14?,15+,17-,18+,19-,20-,21-/m0/s1. The number of carbonyl (C=O) groups excluding carboxylic acids is 1. The van der Waals surface area contributed by atoms with Gasteiger partial charge in [0, 0.05) is 11.3 Å². The summed E-state index contributed by atoms with van der Waals surface area (Å²) in [5.74, 6) is 4.00. The minimum Gasteiger partial charge on any atom is -0.388 e. The Bertz CT molecular complexity index is 684. The molecule has 0 aliphatic heterocycles. The van der Waals surface area contributed by atoms with Gasteiger partial charge in [-0.05, 0) is 67.1 Å². The molecule has 8 atom stereocenters. The molecular formula is C21H26O3. The highest BCUT2D eigenvalue weighted by atomic mass is 16.3. The summed E-state index contributed by atoms with van der Waals surface area (Å²) < 4.78 is 0. The number of rotatable bonds is 0. The first-order chi connectivity index (χ1) is 11.3. The van der Waals surface area contributed by atoms with Gasteiger partial charge < -0.3 is 10.2 Å². The highest BCUT2D eigenvalue weighted by Gasteiger charge is 2.63. The molecule has 2 N–H and O–H groups in total. The number of allylic oxidation sites excluding steroid dienone is 3. The molecule has 128 valence electrons. The SMILES string of the molecule is C#C[C@]1(O)CC[C@H]2[C@@H]3[C@H](C)[C@H](O)C4=CC(=O)C=CC4[C@H]3CC[C@@]21C. The van der Waals surface area contributed by atoms with E-state index in [-0.39, 0.29) is 23.0 Å². The van der Waals surface area contributed by atoms with Gasteiger partial charge in [-0.2, -0.15) is 0 Å². The van der Waals surface area contributed by atoms with E-state index in [4.69, 9.17) is 6.42 Å². The van der Waals surface area contributed by atoms with Crippen LogP contribution in [0.1, 0.15) is 39.5 Å². The molecule has 0 aromatic rings. The maximum Gasteiger partial charge on any atom is 0.178 e. The maximum absolute atomic E-state index is 11.8. The van der Waals surface area contributed by atoms with E-state index in [1.807, 2.05) is 6.08 Å². The predicted octanol–water partition coefficient (Wildman–Crippen LogP) is 2.49. The van der Waals surface area contributed by atoms with E-state index in [0.717, 1.165) is 24.8 Å². The summed E-state index contributed by atoms with van der Waals surface area (Å²) in [6.07, 6.45) is 13.9. The van der Waals surface area contributed by atoms with Crippen LogP contribution in [0, 0.1) is 47.3 Å². The number of carbonyl (C=O) groups is 1. The topological polar surface area (TPSA) is 57.5 Å². The van der Waals surface area contributed by atoms with Crippen LogP contribution in [0.3, 0.4) is 0 Å². The molecule has 0 bridgehead atoms. The molecule has 4 aliphatic rings. The maximum atomic E-state index is 11.8. The lowest BCUT2D eigenvalue weighted by Gasteiger charge is -2.57. The van der Waals surface area contributed by atoms with Crippen LogP contribution in [0.25, 0.3) is 0 Å². The Morgan fingerprint density at radius 2 is 2.08 bits per heavy atom. The largest absolute Gasteiger partial charge is 0.388 e. The number of ketones is 1. The Morgan fingerprint density at radius 1 is 1.33 bits per heavy atom. The van der Waals surface area contributed by atoms with Crippen LogP contribution in [0.4, 0.5) is 0 Å². The second kappa shape index (κ2) is 5.07. The lowest BCUT2D eigenvalue weighted by atomic mass is 9.48. The van der Waals surface area contributed by atoms with Crippen LogP contribution in [-0.4, -0.2) is 27.7 Å². The van der Waals surface area contributed by atoms with E-state index in [0.29, 0.717) is 24.2 Å². The van der Waals surface area contributed by atoms with E-state index in [1.54, 1.807) is 12.2 Å². The molecule has 0 aromatic carbocycles. The molecule has 0 aromatic heterocycles. The molecule has 4 rings (SSSR count). The van der Waals surface area contributed by atoms with Gasteiger partial charge in [-0.1, -0.05) is 25.8 Å². The summed E-state index contributed by atoms with van der Waals surface area (Å²) in [5.41, 5.74) is -0.404. The van der Waals surface area contributed by atoms with Crippen molar-refractivity contribution in [1.29, 1.82) is 0 Å². The van der Waals surface area contributed by atoms with Crippen LogP contribution >= 0.6 is 0 Å². The third-order valence-electron chi connectivity index (χ3n) is 7.84. The lowest BCUT2D eigenvalue weighted by molar-refractivity contribution is -0.115. The van der Waals surface area contributed by atoms with E-state index >= 15 is 0 Å². The number of fused-ring (bicyclic) bond motifs is 5. The van der Waals surface area contributed by atoms with Crippen molar-refractivity contribution in [2.24, 2.45) is 35.0 Å². The Labute approximate surface area is 143 Å². The van der Waals surface area contributed by atoms with Crippen molar-refractivity contribution in [1.82, 2.24) is 0 Å². The monoisotopic (exact) mass is 326 g/mol. The molecule has 3 nitrogen and oxygen atoms in total. The zero-order chi connectivity index (χ0) is 17.3. The van der Waals surface area contributed by atoms with Gasteiger partial charge >= 0.3 is 0 Å². The molecule has 3 saturated carbocycles. The van der Waals surface area contributed by atoms with Gasteiger partial charge in [0.05, 0.1) is 6.10 Å². The molecule has 4 aliphatic carbocycles. The van der Waals surface area contributed by atoms with E-state index < -0.39 is 11.7 Å². The first kappa shape index (κ1) is 16.1. The minimum absolute atomic E-state index is 0.0193. The van der Waals surface area contributed by atoms with Crippen molar-refractivity contribution in [3.05, 3.63) is 23.8 Å². The van der Waals surface area contributed by atoms with E-state index in [9.17, 15) is 15.0 Å². The number of aliphatic hydroxyl groups is 2. The van der Waals surface area contributed by atoms with Crippen molar-refractivity contribution >= 4 is 5.78 Å². The summed E-state index contributed by atoms with van der Waals surface area (Å²) in [5, 5.41) is 21.9. The molecule has 0 heterocycles. The molecule has 0 radical (unpaired) electrons. The molecule has 0 amide bonds. The Hall–Kier alpha value is -1.37. The Balaban J connectivity index is 1.75. The average molecular weight is 326 g/mol. The molecule has 0 saturated heterocycles. The zero-order valence-corrected chi connectivity index (χ0v) is 14.4. The van der Waals surface area contributed by atoms with Gasteiger partial charge in [-0.3, -0.25) is 4.79 Å². The smallest absolute Gasteiger partial charge is 0.178 e. The van der Waals surface area contributed by atoms with Gasteiger partial charge in [0.15, 0.2) is 5.78 Å². The fraction of sp³-hybridized carbons (Fsp3) is 0.667. The van der Waals surface area contributed by atoms with Crippen molar-refractivity contribution in [2.45, 2.75) is 51.2 Å². The minimum atomic E-state index is -1.03. The van der Waals surface area contributed by atoms with Crippen molar-refractivity contribution < 1.29 is 15.0 Å².